The van der Waals surface area contributed by atoms with Crippen molar-refractivity contribution in [3.8, 4) is 5.75 Å². The van der Waals surface area contributed by atoms with Gasteiger partial charge in [-0.25, -0.2) is 4.39 Å². The second kappa shape index (κ2) is 11.8. The van der Waals surface area contributed by atoms with Gasteiger partial charge in [-0.1, -0.05) is 24.3 Å². The van der Waals surface area contributed by atoms with Crippen LogP contribution in [0.2, 0.25) is 0 Å². The number of benzene rings is 2. The molecule has 2 rings (SSSR count). The molecule has 27 heavy (non-hydrogen) atoms. The van der Waals surface area contributed by atoms with E-state index in [0.717, 1.165) is 11.3 Å². The summed E-state index contributed by atoms with van der Waals surface area (Å²) in [6, 6.07) is 14.7. The Balaban J connectivity index is 0.00000364. The molecule has 148 valence electrons. The van der Waals surface area contributed by atoms with E-state index < -0.39 is 0 Å². The van der Waals surface area contributed by atoms with Crippen LogP contribution in [-0.4, -0.2) is 45.7 Å². The standard InChI is InChI=1S/C20H27FN4O.HI/c1-22-20(23-13-15-5-9-17(21)10-6-15)24-14-19(25(2)3)16-7-11-18(26-4)12-8-16;/h5-12,19H,13-14H2,1-4H3,(H2,22,23,24);1H. The lowest BCUT2D eigenvalue weighted by molar-refractivity contribution is 0.298. The third-order valence-corrected chi connectivity index (χ3v) is 4.18. The van der Waals surface area contributed by atoms with E-state index in [1.165, 1.54) is 17.7 Å². The minimum atomic E-state index is -0.232. The molecule has 0 radical (unpaired) electrons. The molecule has 0 aromatic heterocycles. The van der Waals surface area contributed by atoms with Crippen LogP contribution in [0, 0.1) is 5.82 Å². The van der Waals surface area contributed by atoms with Crippen molar-refractivity contribution >= 4 is 29.9 Å². The molecule has 0 aliphatic carbocycles. The fourth-order valence-corrected chi connectivity index (χ4v) is 2.63. The summed E-state index contributed by atoms with van der Waals surface area (Å²) in [5.74, 6) is 1.32. The van der Waals surface area contributed by atoms with Crippen LogP contribution in [0.25, 0.3) is 0 Å². The van der Waals surface area contributed by atoms with Crippen molar-refractivity contribution in [2.45, 2.75) is 12.6 Å². The monoisotopic (exact) mass is 486 g/mol. The van der Waals surface area contributed by atoms with Crippen molar-refractivity contribution in [2.24, 2.45) is 4.99 Å². The number of nitrogens with zero attached hydrogens (tertiary/aromatic N) is 2. The predicted octanol–water partition coefficient (Wildman–Crippen LogP) is 3.42. The second-order valence-corrected chi connectivity index (χ2v) is 6.19. The molecule has 0 heterocycles. The van der Waals surface area contributed by atoms with Gasteiger partial charge in [-0.2, -0.15) is 0 Å². The van der Waals surface area contributed by atoms with Crippen molar-refractivity contribution in [3.05, 3.63) is 65.5 Å². The van der Waals surface area contributed by atoms with Crippen LogP contribution >= 0.6 is 24.0 Å². The highest BCUT2D eigenvalue weighted by molar-refractivity contribution is 14.0. The first kappa shape index (κ1) is 23.2. The molecule has 5 nitrogen and oxygen atoms in total. The maximum absolute atomic E-state index is 13.0. The van der Waals surface area contributed by atoms with Crippen molar-refractivity contribution in [1.82, 2.24) is 15.5 Å². The number of guanidine groups is 1. The zero-order valence-electron chi connectivity index (χ0n) is 16.2. The van der Waals surface area contributed by atoms with Gasteiger partial charge in [0, 0.05) is 20.1 Å². The molecule has 0 spiro atoms. The summed E-state index contributed by atoms with van der Waals surface area (Å²) >= 11 is 0. The number of ether oxygens (including phenoxy) is 1. The molecule has 2 aromatic carbocycles. The number of methoxy groups -OCH3 is 1. The number of likely N-dealkylation sites (N-methyl/N-ethyl adjacent to an activating group) is 1. The van der Waals surface area contributed by atoms with Gasteiger partial charge in [0.2, 0.25) is 0 Å². The van der Waals surface area contributed by atoms with Gasteiger partial charge in [0.15, 0.2) is 5.96 Å². The number of halogens is 2. The number of hydrogen-bond acceptors (Lipinski definition) is 3. The Kier molecular flexibility index (Phi) is 10.1. The Morgan fingerprint density at radius 1 is 1.07 bits per heavy atom. The molecular weight excluding hydrogens is 458 g/mol. The van der Waals surface area contributed by atoms with Crippen LogP contribution in [-0.2, 0) is 6.54 Å². The average Bonchev–Trinajstić information content (AvgIpc) is 2.66. The first-order chi connectivity index (χ1) is 12.5. The summed E-state index contributed by atoms with van der Waals surface area (Å²) < 4.78 is 18.2. The lowest BCUT2D eigenvalue weighted by atomic mass is 10.1. The minimum Gasteiger partial charge on any atom is -0.497 e. The summed E-state index contributed by atoms with van der Waals surface area (Å²) in [7, 11) is 7.49. The molecule has 0 aliphatic heterocycles. The molecular formula is C20H28FIN4O. The highest BCUT2D eigenvalue weighted by Crippen LogP contribution is 2.20. The summed E-state index contributed by atoms with van der Waals surface area (Å²) in [6.07, 6.45) is 0. The van der Waals surface area contributed by atoms with Crippen LogP contribution in [0.15, 0.2) is 53.5 Å². The highest BCUT2D eigenvalue weighted by Gasteiger charge is 2.14. The maximum Gasteiger partial charge on any atom is 0.191 e. The van der Waals surface area contributed by atoms with Gasteiger partial charge in [0.05, 0.1) is 13.2 Å². The average molecular weight is 486 g/mol. The van der Waals surface area contributed by atoms with Gasteiger partial charge in [0.25, 0.3) is 0 Å². The lowest BCUT2D eigenvalue weighted by Gasteiger charge is -2.26. The van der Waals surface area contributed by atoms with Crippen LogP contribution < -0.4 is 15.4 Å². The summed E-state index contributed by atoms with van der Waals surface area (Å²) in [5.41, 5.74) is 2.19. The van der Waals surface area contributed by atoms with E-state index in [4.69, 9.17) is 4.74 Å². The van der Waals surface area contributed by atoms with Crippen LogP contribution in [0.5, 0.6) is 5.75 Å². The fraction of sp³-hybridized carbons (Fsp3) is 0.350. The Labute approximate surface area is 178 Å². The van der Waals surface area contributed by atoms with E-state index in [1.807, 2.05) is 26.2 Å². The van der Waals surface area contributed by atoms with Gasteiger partial charge in [-0.3, -0.25) is 4.99 Å². The smallest absolute Gasteiger partial charge is 0.191 e. The second-order valence-electron chi connectivity index (χ2n) is 6.19. The van der Waals surface area contributed by atoms with Crippen molar-refractivity contribution in [1.29, 1.82) is 0 Å². The molecule has 7 heteroatoms. The van der Waals surface area contributed by atoms with Gasteiger partial charge in [-0.05, 0) is 49.5 Å². The predicted molar refractivity (Wildman–Crippen MR) is 119 cm³/mol. The molecule has 0 amide bonds. The number of nitrogens with one attached hydrogen (secondary N) is 2. The summed E-state index contributed by atoms with van der Waals surface area (Å²) in [6.45, 7) is 1.28. The van der Waals surface area contributed by atoms with Crippen LogP contribution in [0.3, 0.4) is 0 Å². The molecule has 0 fully saturated rings. The minimum absolute atomic E-state index is 0. The molecule has 0 aliphatic rings. The third kappa shape index (κ3) is 7.34. The number of rotatable bonds is 7. The summed E-state index contributed by atoms with van der Waals surface area (Å²) in [5, 5.41) is 6.60. The Morgan fingerprint density at radius 2 is 1.70 bits per heavy atom. The van der Waals surface area contributed by atoms with E-state index in [-0.39, 0.29) is 35.8 Å². The molecule has 0 saturated heterocycles. The van der Waals surface area contributed by atoms with E-state index in [1.54, 1.807) is 26.3 Å². The largest absolute Gasteiger partial charge is 0.497 e. The quantitative estimate of drug-likeness (QED) is 0.358. The number of hydrogen-bond donors (Lipinski definition) is 2. The Hall–Kier alpha value is -1.87. The van der Waals surface area contributed by atoms with E-state index in [2.05, 4.69) is 32.7 Å². The molecule has 0 bridgehead atoms. The molecule has 1 unspecified atom stereocenters. The topological polar surface area (TPSA) is 48.9 Å². The SMILES string of the molecule is CN=C(NCc1ccc(F)cc1)NCC(c1ccc(OC)cc1)N(C)C.I. The lowest BCUT2D eigenvalue weighted by Crippen LogP contribution is -2.41. The van der Waals surface area contributed by atoms with Crippen LogP contribution in [0.4, 0.5) is 4.39 Å². The first-order valence-corrected chi connectivity index (χ1v) is 8.53. The van der Waals surface area contributed by atoms with Crippen molar-refractivity contribution in [2.75, 3.05) is 34.8 Å². The Bertz CT molecular complexity index is 705. The van der Waals surface area contributed by atoms with Gasteiger partial charge >= 0.3 is 0 Å². The summed E-state index contributed by atoms with van der Waals surface area (Å²) in [4.78, 5) is 6.41. The van der Waals surface area contributed by atoms with E-state index >= 15 is 0 Å². The highest BCUT2D eigenvalue weighted by atomic mass is 127. The third-order valence-electron chi connectivity index (χ3n) is 4.18. The molecule has 2 aromatic rings. The molecule has 0 saturated carbocycles. The fourth-order valence-electron chi connectivity index (χ4n) is 2.63. The first-order valence-electron chi connectivity index (χ1n) is 8.53. The van der Waals surface area contributed by atoms with E-state index in [9.17, 15) is 4.39 Å². The van der Waals surface area contributed by atoms with Gasteiger partial charge < -0.3 is 20.3 Å². The van der Waals surface area contributed by atoms with Crippen molar-refractivity contribution in [3.63, 3.8) is 0 Å². The molecule has 1 atom stereocenters. The van der Waals surface area contributed by atoms with Gasteiger partial charge in [0.1, 0.15) is 11.6 Å². The van der Waals surface area contributed by atoms with Crippen molar-refractivity contribution < 1.29 is 9.13 Å². The zero-order valence-corrected chi connectivity index (χ0v) is 18.5. The van der Waals surface area contributed by atoms with Gasteiger partial charge in [-0.15, -0.1) is 24.0 Å². The number of aliphatic imine (C=N–C) groups is 1. The van der Waals surface area contributed by atoms with E-state index in [0.29, 0.717) is 19.0 Å². The normalized spacial score (nSPS) is 12.3. The van der Waals surface area contributed by atoms with Crippen LogP contribution in [0.1, 0.15) is 17.2 Å². The Morgan fingerprint density at radius 3 is 2.22 bits per heavy atom. The maximum atomic E-state index is 13.0. The molecule has 2 N–H and O–H groups in total. The zero-order chi connectivity index (χ0) is 18.9.